The molecule has 1 saturated carbocycles. The highest BCUT2D eigenvalue weighted by molar-refractivity contribution is 5.99. The Morgan fingerprint density at radius 3 is 2.40 bits per heavy atom. The molecule has 42 heavy (non-hydrogen) atoms. The van der Waals surface area contributed by atoms with E-state index in [2.05, 4.69) is 43.1 Å². The molecule has 1 atom stereocenters. The zero-order valence-corrected chi connectivity index (χ0v) is 23.3. The van der Waals surface area contributed by atoms with E-state index in [0.29, 0.717) is 34.5 Å². The van der Waals surface area contributed by atoms with Crippen molar-refractivity contribution in [2.75, 3.05) is 17.2 Å². The number of halogens is 4. The predicted molar refractivity (Wildman–Crippen MR) is 147 cm³/mol. The molecule has 1 unspecified atom stereocenters. The van der Waals surface area contributed by atoms with Crippen LogP contribution in [0, 0.1) is 40.9 Å². The van der Waals surface area contributed by atoms with Crippen LogP contribution in [-0.2, 0) is 5.54 Å². The maximum Gasteiger partial charge on any atom is 0.413 e. The van der Waals surface area contributed by atoms with Gasteiger partial charge in [-0.2, -0.15) is 28.1 Å². The lowest BCUT2D eigenvalue weighted by Crippen LogP contribution is -2.35. The molecule has 0 saturated heterocycles. The van der Waals surface area contributed by atoms with E-state index < -0.39 is 23.7 Å². The number of alkyl halides is 3. The van der Waals surface area contributed by atoms with Gasteiger partial charge in [0.25, 0.3) is 0 Å². The van der Waals surface area contributed by atoms with Crippen molar-refractivity contribution in [2.45, 2.75) is 58.3 Å². The highest BCUT2D eigenvalue weighted by atomic mass is 19.4. The van der Waals surface area contributed by atoms with E-state index in [9.17, 15) is 23.7 Å². The second-order valence-corrected chi connectivity index (χ2v) is 11.6. The van der Waals surface area contributed by atoms with Gasteiger partial charge in [0.1, 0.15) is 23.9 Å². The molecular weight excluding hydrogens is 550 g/mol. The fourth-order valence-corrected chi connectivity index (χ4v) is 4.71. The quantitative estimate of drug-likeness (QED) is 0.199. The Labute approximate surface area is 239 Å². The highest BCUT2D eigenvalue weighted by Gasteiger charge is 2.66. The van der Waals surface area contributed by atoms with Crippen LogP contribution in [0.5, 0.6) is 0 Å². The second-order valence-electron chi connectivity index (χ2n) is 11.6. The van der Waals surface area contributed by atoms with E-state index in [4.69, 9.17) is 0 Å². The van der Waals surface area contributed by atoms with E-state index in [-0.39, 0.29) is 40.6 Å². The van der Waals surface area contributed by atoms with Gasteiger partial charge in [0, 0.05) is 35.1 Å². The van der Waals surface area contributed by atoms with Crippen LogP contribution in [-0.4, -0.2) is 37.7 Å². The summed E-state index contributed by atoms with van der Waals surface area (Å²) in [5, 5.41) is 34.4. The van der Waals surface area contributed by atoms with E-state index in [1.807, 2.05) is 20.8 Å². The fraction of sp³-hybridized carbons (Fsp3) is 0.379. The van der Waals surface area contributed by atoms with Gasteiger partial charge in [-0.3, -0.25) is 4.98 Å². The molecule has 1 aliphatic carbocycles. The number of nitrogens with zero attached hydrogens (tertiary/aromatic N) is 7. The first-order valence-electron chi connectivity index (χ1n) is 13.2. The number of anilines is 2. The summed E-state index contributed by atoms with van der Waals surface area (Å²) in [5.74, 6) is -0.832. The van der Waals surface area contributed by atoms with E-state index in [1.54, 1.807) is 19.1 Å². The monoisotopic (exact) mass is 577 g/mol. The average Bonchev–Trinajstić information content (AvgIpc) is 3.61. The number of aromatic nitrogens is 5. The number of rotatable bonds is 7. The highest BCUT2D eigenvalue weighted by Crippen LogP contribution is 2.55. The number of nitriles is 2. The first-order valence-corrected chi connectivity index (χ1v) is 13.2. The first kappa shape index (κ1) is 28.7. The zero-order valence-electron chi connectivity index (χ0n) is 23.3. The summed E-state index contributed by atoms with van der Waals surface area (Å²) in [4.78, 5) is 8.22. The van der Waals surface area contributed by atoms with Crippen molar-refractivity contribution in [1.82, 2.24) is 25.0 Å². The van der Waals surface area contributed by atoms with Gasteiger partial charge in [-0.25, -0.2) is 9.67 Å². The molecule has 3 aromatic heterocycles. The number of hydrogen-bond donors (Lipinski definition) is 2. The van der Waals surface area contributed by atoms with Crippen molar-refractivity contribution < 1.29 is 17.6 Å². The first-order chi connectivity index (χ1) is 19.8. The number of pyridine rings is 2. The van der Waals surface area contributed by atoms with Crippen LogP contribution < -0.4 is 10.6 Å². The summed E-state index contributed by atoms with van der Waals surface area (Å²) in [6.45, 7) is 8.19. The van der Waals surface area contributed by atoms with Gasteiger partial charge >= 0.3 is 6.18 Å². The molecule has 1 fully saturated rings. The molecule has 3 heterocycles. The smallest absolute Gasteiger partial charge is 0.383 e. The molecule has 0 aliphatic heterocycles. The molecule has 9 nitrogen and oxygen atoms in total. The van der Waals surface area contributed by atoms with Crippen LogP contribution in [0.15, 0.2) is 36.7 Å². The maximum atomic E-state index is 15.2. The summed E-state index contributed by atoms with van der Waals surface area (Å²) in [6.07, 6.45) is -2.24. The Balaban J connectivity index is 1.64. The van der Waals surface area contributed by atoms with Gasteiger partial charge in [0.15, 0.2) is 5.54 Å². The molecule has 5 rings (SSSR count). The SMILES string of the molecule is Cc1ccc(C(Nc2cc(C#N)c3ncc(C#N)c(NCC(C)(C)C)c3c2)c2cn(C3(C(F)(F)F)CC3)nn2)c(F)n1. The van der Waals surface area contributed by atoms with Crippen LogP contribution in [0.3, 0.4) is 0 Å². The predicted octanol–water partition coefficient (Wildman–Crippen LogP) is 6.12. The van der Waals surface area contributed by atoms with Crippen LogP contribution in [0.2, 0.25) is 0 Å². The molecule has 2 N–H and O–H groups in total. The van der Waals surface area contributed by atoms with Gasteiger partial charge < -0.3 is 10.6 Å². The summed E-state index contributed by atoms with van der Waals surface area (Å²) >= 11 is 0. The Bertz CT molecular complexity index is 1750. The van der Waals surface area contributed by atoms with Crippen LogP contribution >= 0.6 is 0 Å². The molecule has 1 aliphatic rings. The van der Waals surface area contributed by atoms with Gasteiger partial charge in [0.05, 0.1) is 28.5 Å². The molecule has 0 spiro atoms. The van der Waals surface area contributed by atoms with Crippen molar-refractivity contribution >= 4 is 22.3 Å². The molecule has 0 amide bonds. The maximum absolute atomic E-state index is 15.2. The fourth-order valence-electron chi connectivity index (χ4n) is 4.71. The molecule has 4 aromatic rings. The van der Waals surface area contributed by atoms with Gasteiger partial charge in [-0.05, 0) is 43.4 Å². The Morgan fingerprint density at radius 2 is 1.81 bits per heavy atom. The minimum absolute atomic E-state index is 0.0260. The third-order valence-electron chi connectivity index (χ3n) is 7.14. The minimum Gasteiger partial charge on any atom is -0.383 e. The number of nitrogens with one attached hydrogen (secondary N) is 2. The lowest BCUT2D eigenvalue weighted by Gasteiger charge is -2.22. The molecule has 0 radical (unpaired) electrons. The third kappa shape index (κ3) is 5.30. The number of fused-ring (bicyclic) bond motifs is 1. The zero-order chi connectivity index (χ0) is 30.4. The molecule has 0 bridgehead atoms. The number of hydrogen-bond acceptors (Lipinski definition) is 8. The molecule has 216 valence electrons. The van der Waals surface area contributed by atoms with Gasteiger partial charge in [-0.15, -0.1) is 5.10 Å². The van der Waals surface area contributed by atoms with Gasteiger partial charge in [-0.1, -0.05) is 32.1 Å². The average molecular weight is 578 g/mol. The van der Waals surface area contributed by atoms with Crippen molar-refractivity contribution in [3.8, 4) is 12.1 Å². The third-order valence-corrected chi connectivity index (χ3v) is 7.14. The van der Waals surface area contributed by atoms with Crippen molar-refractivity contribution in [1.29, 1.82) is 10.5 Å². The van der Waals surface area contributed by atoms with Gasteiger partial charge in [0.2, 0.25) is 5.95 Å². The number of benzene rings is 1. The summed E-state index contributed by atoms with van der Waals surface area (Å²) in [6, 6.07) is 9.33. The van der Waals surface area contributed by atoms with Crippen molar-refractivity contribution in [2.24, 2.45) is 5.41 Å². The van der Waals surface area contributed by atoms with E-state index in [0.717, 1.165) is 10.9 Å². The van der Waals surface area contributed by atoms with Crippen molar-refractivity contribution in [3.05, 3.63) is 70.7 Å². The Morgan fingerprint density at radius 1 is 1.10 bits per heavy atom. The standard InChI is InChI=1S/C29H27F4N9/c1-16-5-6-20(26(30)38-16)25(22-14-42(41-40-22)28(7-8-28)29(31,32)33)39-19-9-17(11-34)23-21(10-19)24(18(12-35)13-36-23)37-15-27(2,3)4/h5-6,9-10,13-14,25,39H,7-8,15H2,1-4H3,(H,36,37). The normalized spacial score (nSPS) is 15.1. The minimum atomic E-state index is -4.53. The second kappa shape index (κ2) is 10.2. The van der Waals surface area contributed by atoms with Crippen LogP contribution in [0.1, 0.15) is 67.7 Å². The largest absolute Gasteiger partial charge is 0.413 e. The Kier molecular flexibility index (Phi) is 7.01. The Hall–Kier alpha value is -4.78. The summed E-state index contributed by atoms with van der Waals surface area (Å²) in [5.41, 5.74) is -0.216. The lowest BCUT2D eigenvalue weighted by molar-refractivity contribution is -0.182. The topological polar surface area (TPSA) is 128 Å². The van der Waals surface area contributed by atoms with Crippen LogP contribution in [0.4, 0.5) is 28.9 Å². The van der Waals surface area contributed by atoms with Crippen LogP contribution in [0.25, 0.3) is 10.9 Å². The molecule has 1 aromatic carbocycles. The summed E-state index contributed by atoms with van der Waals surface area (Å²) < 4.78 is 57.4. The van der Waals surface area contributed by atoms with E-state index in [1.165, 1.54) is 18.3 Å². The van der Waals surface area contributed by atoms with E-state index >= 15 is 4.39 Å². The lowest BCUT2D eigenvalue weighted by atomic mass is 9.96. The summed E-state index contributed by atoms with van der Waals surface area (Å²) in [7, 11) is 0. The number of aryl methyl sites for hydroxylation is 1. The molecular formula is C29H27F4N9. The molecule has 13 heteroatoms. The van der Waals surface area contributed by atoms with Crippen molar-refractivity contribution in [3.63, 3.8) is 0 Å².